The van der Waals surface area contributed by atoms with Crippen LogP contribution in [-0.2, 0) is 15.9 Å². The van der Waals surface area contributed by atoms with Crippen molar-refractivity contribution in [2.45, 2.75) is 76.9 Å². The summed E-state index contributed by atoms with van der Waals surface area (Å²) in [5.41, 5.74) is 0.530. The molecule has 152 valence electrons. The zero-order valence-electron chi connectivity index (χ0n) is 17.0. The first-order valence-electron chi connectivity index (χ1n) is 10.1. The minimum absolute atomic E-state index is 0.423. The molecule has 0 aliphatic heterocycles. The first-order valence-corrected chi connectivity index (χ1v) is 11.7. The second-order valence-electron chi connectivity index (χ2n) is 7.33. The minimum Gasteiger partial charge on any atom is -0.748 e. The maximum absolute atomic E-state index is 10.2. The third-order valence-corrected chi connectivity index (χ3v) is 4.90. The Kier molecular flexibility index (Phi) is 15.7. The summed E-state index contributed by atoms with van der Waals surface area (Å²) in [5.74, 6) is -0.423. The van der Waals surface area contributed by atoms with Crippen LogP contribution in [0.15, 0.2) is 30.3 Å². The molecule has 4 nitrogen and oxygen atoms in total. The molecular formula is C21H39NO3S. The van der Waals surface area contributed by atoms with Crippen molar-refractivity contribution in [3.05, 3.63) is 35.9 Å². The van der Waals surface area contributed by atoms with E-state index in [1.807, 2.05) is 0 Å². The van der Waals surface area contributed by atoms with Crippen LogP contribution in [0.4, 0.5) is 0 Å². The Morgan fingerprint density at radius 1 is 0.808 bits per heavy atom. The van der Waals surface area contributed by atoms with Crippen LogP contribution < -0.4 is 4.90 Å². The van der Waals surface area contributed by atoms with Crippen LogP contribution in [0, 0.1) is 0 Å². The van der Waals surface area contributed by atoms with Gasteiger partial charge >= 0.3 is 0 Å². The van der Waals surface area contributed by atoms with Gasteiger partial charge in [0.05, 0.1) is 36.5 Å². The maximum atomic E-state index is 10.2. The van der Waals surface area contributed by atoms with Gasteiger partial charge in [-0.25, -0.2) is 8.42 Å². The molecule has 0 amide bonds. The zero-order chi connectivity index (χ0) is 19.7. The Labute approximate surface area is 161 Å². The predicted octanol–water partition coefficient (Wildman–Crippen LogP) is 3.78. The van der Waals surface area contributed by atoms with Crippen molar-refractivity contribution in [3.63, 3.8) is 0 Å². The molecule has 0 saturated carbocycles. The van der Waals surface area contributed by atoms with Gasteiger partial charge in [0.2, 0.25) is 0 Å². The van der Waals surface area contributed by atoms with Gasteiger partial charge in [-0.05, 0) is 18.4 Å². The van der Waals surface area contributed by atoms with E-state index in [-0.39, 0.29) is 0 Å². The summed E-state index contributed by atoms with van der Waals surface area (Å²) < 4.78 is 30.7. The van der Waals surface area contributed by atoms with Gasteiger partial charge in [-0.2, -0.15) is 0 Å². The van der Waals surface area contributed by atoms with Gasteiger partial charge < -0.3 is 9.45 Å². The fraction of sp³-hybridized carbons (Fsp3) is 0.714. The molecule has 0 atom stereocenters. The van der Waals surface area contributed by atoms with Crippen molar-refractivity contribution >= 4 is 10.1 Å². The van der Waals surface area contributed by atoms with Gasteiger partial charge in [-0.3, -0.25) is 0 Å². The minimum atomic E-state index is -4.13. The summed E-state index contributed by atoms with van der Waals surface area (Å²) in [6.45, 7) is 3.63. The third kappa shape index (κ3) is 19.4. The standard InChI is InChI=1S/C14H31N.C7H8O3S/c1-4-5-6-7-8-9-10-11-12-13-14-15(2)3;8-11(9,10)6-7-4-2-1-3-5-7/h4-14H2,1-3H3;1-5H,6H2,(H,8,9,10). The molecule has 0 aliphatic rings. The van der Waals surface area contributed by atoms with Gasteiger partial charge in [0, 0.05) is 0 Å². The monoisotopic (exact) mass is 385 g/mol. The average molecular weight is 386 g/mol. The van der Waals surface area contributed by atoms with E-state index in [2.05, 4.69) is 21.0 Å². The zero-order valence-corrected chi connectivity index (χ0v) is 17.8. The molecule has 0 radical (unpaired) electrons. The molecule has 0 aliphatic carbocycles. The SMILES string of the molecule is CCCCCCCCCCCC[NH+](C)C.O=S(=O)([O-])Cc1ccccc1. The summed E-state index contributed by atoms with van der Waals surface area (Å²) in [6.07, 6.45) is 14.5. The molecule has 26 heavy (non-hydrogen) atoms. The Balaban J connectivity index is 0.000000502. The van der Waals surface area contributed by atoms with E-state index in [0.29, 0.717) is 5.56 Å². The number of quaternary nitrogens is 1. The Bertz CT molecular complexity index is 515. The van der Waals surface area contributed by atoms with E-state index in [1.165, 1.54) is 70.8 Å². The smallest absolute Gasteiger partial charge is 0.0988 e. The summed E-state index contributed by atoms with van der Waals surface area (Å²) >= 11 is 0. The van der Waals surface area contributed by atoms with Crippen molar-refractivity contribution in [1.29, 1.82) is 0 Å². The van der Waals surface area contributed by atoms with Crippen LogP contribution in [-0.4, -0.2) is 33.6 Å². The number of benzene rings is 1. The maximum Gasteiger partial charge on any atom is 0.0988 e. The fourth-order valence-electron chi connectivity index (χ4n) is 2.74. The molecule has 1 rings (SSSR count). The lowest BCUT2D eigenvalue weighted by atomic mass is 10.1. The number of hydrogen-bond acceptors (Lipinski definition) is 3. The van der Waals surface area contributed by atoms with Gasteiger partial charge in [-0.1, -0.05) is 88.6 Å². The topological polar surface area (TPSA) is 61.6 Å². The molecule has 1 N–H and O–H groups in total. The first kappa shape index (κ1) is 25.1. The Hall–Kier alpha value is -0.910. The molecule has 1 aromatic rings. The molecule has 0 spiro atoms. The van der Waals surface area contributed by atoms with E-state index >= 15 is 0 Å². The molecule has 0 fully saturated rings. The van der Waals surface area contributed by atoms with Gasteiger partial charge in [-0.15, -0.1) is 0 Å². The number of unbranched alkanes of at least 4 members (excludes halogenated alkanes) is 9. The largest absolute Gasteiger partial charge is 0.748 e. The quantitative estimate of drug-likeness (QED) is 0.415. The van der Waals surface area contributed by atoms with Crippen LogP contribution in [0.5, 0.6) is 0 Å². The highest BCUT2D eigenvalue weighted by Gasteiger charge is 1.96. The molecule has 0 unspecified atom stereocenters. The normalized spacial score (nSPS) is 11.3. The molecule has 1 aromatic carbocycles. The molecule has 0 heterocycles. The predicted molar refractivity (Wildman–Crippen MR) is 109 cm³/mol. The molecule has 0 bridgehead atoms. The number of hydrogen-bond donors (Lipinski definition) is 1. The number of nitrogens with one attached hydrogen (secondary N) is 1. The summed E-state index contributed by atoms with van der Waals surface area (Å²) in [6, 6.07) is 8.37. The van der Waals surface area contributed by atoms with Crippen molar-refractivity contribution < 1.29 is 17.9 Å². The van der Waals surface area contributed by atoms with E-state index in [0.717, 1.165) is 0 Å². The van der Waals surface area contributed by atoms with Crippen LogP contribution >= 0.6 is 0 Å². The second-order valence-corrected chi connectivity index (χ2v) is 8.73. The highest BCUT2D eigenvalue weighted by Crippen LogP contribution is 2.09. The van der Waals surface area contributed by atoms with E-state index in [1.54, 1.807) is 35.2 Å². The van der Waals surface area contributed by atoms with Gasteiger partial charge in [0.1, 0.15) is 0 Å². The van der Waals surface area contributed by atoms with E-state index in [9.17, 15) is 13.0 Å². The van der Waals surface area contributed by atoms with Crippen molar-refractivity contribution in [2.24, 2.45) is 0 Å². The van der Waals surface area contributed by atoms with Gasteiger partial charge in [0.25, 0.3) is 0 Å². The third-order valence-electron chi connectivity index (χ3n) is 4.22. The average Bonchev–Trinajstić information content (AvgIpc) is 2.56. The summed E-state index contributed by atoms with van der Waals surface area (Å²) in [4.78, 5) is 1.59. The Morgan fingerprint density at radius 3 is 1.69 bits per heavy atom. The molecule has 0 aromatic heterocycles. The lowest BCUT2D eigenvalue weighted by molar-refractivity contribution is -0.858. The second kappa shape index (κ2) is 16.3. The molecular weight excluding hydrogens is 346 g/mol. The van der Waals surface area contributed by atoms with Crippen LogP contribution in [0.1, 0.15) is 76.7 Å². The number of rotatable bonds is 13. The summed E-state index contributed by atoms with van der Waals surface area (Å²) in [7, 11) is 0.360. The lowest BCUT2D eigenvalue weighted by Gasteiger charge is -2.06. The molecule has 5 heteroatoms. The van der Waals surface area contributed by atoms with E-state index < -0.39 is 15.9 Å². The Morgan fingerprint density at radius 2 is 1.27 bits per heavy atom. The van der Waals surface area contributed by atoms with Crippen LogP contribution in [0.3, 0.4) is 0 Å². The lowest BCUT2D eigenvalue weighted by Crippen LogP contribution is -3.05. The molecule has 0 saturated heterocycles. The highest BCUT2D eigenvalue weighted by atomic mass is 32.2. The highest BCUT2D eigenvalue weighted by molar-refractivity contribution is 7.84. The van der Waals surface area contributed by atoms with Crippen molar-refractivity contribution in [2.75, 3.05) is 20.6 Å². The van der Waals surface area contributed by atoms with E-state index in [4.69, 9.17) is 0 Å². The van der Waals surface area contributed by atoms with Crippen LogP contribution in [0.25, 0.3) is 0 Å². The summed E-state index contributed by atoms with van der Waals surface area (Å²) in [5, 5.41) is 0. The van der Waals surface area contributed by atoms with Crippen molar-refractivity contribution in [1.82, 2.24) is 0 Å². The van der Waals surface area contributed by atoms with Crippen molar-refractivity contribution in [3.8, 4) is 0 Å². The first-order chi connectivity index (χ1) is 12.3. The van der Waals surface area contributed by atoms with Gasteiger partial charge in [0.15, 0.2) is 0 Å². The van der Waals surface area contributed by atoms with Crippen LogP contribution in [0.2, 0.25) is 0 Å². The fourth-order valence-corrected chi connectivity index (χ4v) is 3.35.